The summed E-state index contributed by atoms with van der Waals surface area (Å²) in [6.07, 6.45) is 1.64. The van der Waals surface area contributed by atoms with E-state index in [4.69, 9.17) is 10.3 Å². The highest BCUT2D eigenvalue weighted by molar-refractivity contribution is 5.54. The van der Waals surface area contributed by atoms with Crippen LogP contribution in [-0.2, 0) is 6.42 Å². The van der Waals surface area contributed by atoms with E-state index >= 15 is 0 Å². The number of aromatic nitrogens is 2. The molecule has 1 aromatic carbocycles. The molecule has 0 aliphatic carbocycles. The Bertz CT molecular complexity index is 554. The van der Waals surface area contributed by atoms with Crippen LogP contribution in [-0.4, -0.2) is 16.7 Å². The lowest BCUT2D eigenvalue weighted by atomic mass is 9.94. The zero-order valence-corrected chi connectivity index (χ0v) is 11.8. The van der Waals surface area contributed by atoms with Crippen LogP contribution in [0.1, 0.15) is 26.2 Å². The second kappa shape index (κ2) is 6.61. The van der Waals surface area contributed by atoms with Gasteiger partial charge in [0.05, 0.1) is 5.56 Å². The SMILES string of the molecule is CC(C)C[C@H](CN)Cc1nc(-c2ccccc2F)no1. The number of rotatable bonds is 6. The van der Waals surface area contributed by atoms with Gasteiger partial charge < -0.3 is 10.3 Å². The molecular weight excluding hydrogens is 257 g/mol. The zero-order valence-electron chi connectivity index (χ0n) is 11.8. The fourth-order valence-electron chi connectivity index (χ4n) is 2.27. The van der Waals surface area contributed by atoms with Crippen LogP contribution >= 0.6 is 0 Å². The molecule has 2 N–H and O–H groups in total. The van der Waals surface area contributed by atoms with Gasteiger partial charge in [0.2, 0.25) is 11.7 Å². The van der Waals surface area contributed by atoms with Gasteiger partial charge in [0.25, 0.3) is 0 Å². The highest BCUT2D eigenvalue weighted by Crippen LogP contribution is 2.21. The van der Waals surface area contributed by atoms with E-state index in [-0.39, 0.29) is 5.82 Å². The maximum absolute atomic E-state index is 13.6. The summed E-state index contributed by atoms with van der Waals surface area (Å²) in [5.41, 5.74) is 6.12. The molecule has 0 aliphatic heterocycles. The number of benzene rings is 1. The molecule has 4 nitrogen and oxygen atoms in total. The summed E-state index contributed by atoms with van der Waals surface area (Å²) in [5.74, 6) is 1.33. The Morgan fingerprint density at radius 3 is 2.70 bits per heavy atom. The van der Waals surface area contributed by atoms with Crippen LogP contribution in [0.25, 0.3) is 11.4 Å². The van der Waals surface area contributed by atoms with Crippen LogP contribution < -0.4 is 5.73 Å². The van der Waals surface area contributed by atoms with Gasteiger partial charge in [-0.15, -0.1) is 0 Å². The summed E-state index contributed by atoms with van der Waals surface area (Å²) in [6.45, 7) is 4.89. The smallest absolute Gasteiger partial charge is 0.227 e. The number of hydrogen-bond acceptors (Lipinski definition) is 4. The molecule has 2 aromatic rings. The van der Waals surface area contributed by atoms with Crippen molar-refractivity contribution in [3.63, 3.8) is 0 Å². The van der Waals surface area contributed by atoms with Gasteiger partial charge in [-0.05, 0) is 36.9 Å². The predicted molar refractivity (Wildman–Crippen MR) is 75.4 cm³/mol. The lowest BCUT2D eigenvalue weighted by molar-refractivity contribution is 0.332. The van der Waals surface area contributed by atoms with Gasteiger partial charge in [-0.2, -0.15) is 4.98 Å². The molecule has 0 bridgehead atoms. The largest absolute Gasteiger partial charge is 0.339 e. The van der Waals surface area contributed by atoms with Crippen LogP contribution in [0.5, 0.6) is 0 Å². The maximum Gasteiger partial charge on any atom is 0.227 e. The third-order valence-corrected chi connectivity index (χ3v) is 3.18. The van der Waals surface area contributed by atoms with Gasteiger partial charge >= 0.3 is 0 Å². The van der Waals surface area contributed by atoms with Crippen LogP contribution in [0.4, 0.5) is 4.39 Å². The van der Waals surface area contributed by atoms with E-state index < -0.39 is 0 Å². The van der Waals surface area contributed by atoms with Crippen molar-refractivity contribution in [3.8, 4) is 11.4 Å². The van der Waals surface area contributed by atoms with Crippen molar-refractivity contribution in [2.45, 2.75) is 26.7 Å². The summed E-state index contributed by atoms with van der Waals surface area (Å²) in [6, 6.07) is 6.40. The minimum atomic E-state index is -0.350. The van der Waals surface area contributed by atoms with Gasteiger partial charge in [-0.1, -0.05) is 31.1 Å². The third kappa shape index (κ3) is 3.63. The fourth-order valence-corrected chi connectivity index (χ4v) is 2.27. The van der Waals surface area contributed by atoms with E-state index in [1.807, 2.05) is 0 Å². The molecule has 0 spiro atoms. The molecule has 1 aromatic heterocycles. The second-order valence-electron chi connectivity index (χ2n) is 5.43. The Kier molecular flexibility index (Phi) is 4.84. The molecule has 2 rings (SSSR count). The van der Waals surface area contributed by atoms with Crippen LogP contribution in [0, 0.1) is 17.7 Å². The molecule has 0 saturated heterocycles. The quantitative estimate of drug-likeness (QED) is 0.881. The van der Waals surface area contributed by atoms with Crippen molar-refractivity contribution < 1.29 is 8.91 Å². The molecule has 0 aliphatic rings. The molecule has 0 amide bonds. The maximum atomic E-state index is 13.6. The number of halogens is 1. The molecule has 1 heterocycles. The van der Waals surface area contributed by atoms with Crippen molar-refractivity contribution in [2.24, 2.45) is 17.6 Å². The molecule has 0 fully saturated rings. The number of nitrogens with zero attached hydrogens (tertiary/aromatic N) is 2. The Morgan fingerprint density at radius 2 is 2.05 bits per heavy atom. The zero-order chi connectivity index (χ0) is 14.5. The van der Waals surface area contributed by atoms with Crippen molar-refractivity contribution in [2.75, 3.05) is 6.54 Å². The van der Waals surface area contributed by atoms with Crippen molar-refractivity contribution in [3.05, 3.63) is 36.0 Å². The number of hydrogen-bond donors (Lipinski definition) is 1. The topological polar surface area (TPSA) is 64.9 Å². The predicted octanol–water partition coefficient (Wildman–Crippen LogP) is 3.04. The second-order valence-corrected chi connectivity index (χ2v) is 5.43. The van der Waals surface area contributed by atoms with E-state index in [1.54, 1.807) is 18.2 Å². The van der Waals surface area contributed by atoms with Crippen molar-refractivity contribution >= 4 is 0 Å². The average molecular weight is 277 g/mol. The highest BCUT2D eigenvalue weighted by Gasteiger charge is 2.16. The first kappa shape index (κ1) is 14.7. The first-order chi connectivity index (χ1) is 9.60. The molecule has 0 saturated carbocycles. The van der Waals surface area contributed by atoms with Gasteiger partial charge in [-0.3, -0.25) is 0 Å². The summed E-state index contributed by atoms with van der Waals surface area (Å²) >= 11 is 0. The molecule has 0 unspecified atom stereocenters. The summed E-state index contributed by atoms with van der Waals surface area (Å²) < 4.78 is 18.8. The molecule has 5 heteroatoms. The van der Waals surface area contributed by atoms with Crippen LogP contribution in [0.3, 0.4) is 0 Å². The fraction of sp³-hybridized carbons (Fsp3) is 0.467. The summed E-state index contributed by atoms with van der Waals surface area (Å²) in [5, 5.41) is 3.85. The van der Waals surface area contributed by atoms with Crippen LogP contribution in [0.15, 0.2) is 28.8 Å². The van der Waals surface area contributed by atoms with E-state index in [9.17, 15) is 4.39 Å². The monoisotopic (exact) mass is 277 g/mol. The van der Waals surface area contributed by atoms with Gasteiger partial charge in [0.1, 0.15) is 5.82 Å². The molecule has 0 radical (unpaired) electrons. The lowest BCUT2D eigenvalue weighted by Gasteiger charge is -2.14. The van der Waals surface area contributed by atoms with E-state index in [0.717, 1.165) is 6.42 Å². The number of nitrogens with two attached hydrogens (primary N) is 1. The van der Waals surface area contributed by atoms with E-state index in [2.05, 4.69) is 24.0 Å². The minimum Gasteiger partial charge on any atom is -0.339 e. The lowest BCUT2D eigenvalue weighted by Crippen LogP contribution is -2.19. The first-order valence-corrected chi connectivity index (χ1v) is 6.87. The molecule has 1 atom stereocenters. The standard InChI is InChI=1S/C15H20FN3O/c1-10(2)7-11(9-17)8-14-18-15(19-20-14)12-5-3-4-6-13(12)16/h3-6,10-11H,7-9,17H2,1-2H3/t11-/m0/s1. The Balaban J connectivity index is 2.11. The van der Waals surface area contributed by atoms with Gasteiger partial charge in [0.15, 0.2) is 0 Å². The Labute approximate surface area is 118 Å². The molecule has 108 valence electrons. The third-order valence-electron chi connectivity index (χ3n) is 3.18. The summed E-state index contributed by atoms with van der Waals surface area (Å²) in [4.78, 5) is 4.26. The van der Waals surface area contributed by atoms with E-state index in [0.29, 0.717) is 42.1 Å². The summed E-state index contributed by atoms with van der Waals surface area (Å²) in [7, 11) is 0. The van der Waals surface area contributed by atoms with Gasteiger partial charge in [-0.25, -0.2) is 4.39 Å². The average Bonchev–Trinajstić information content (AvgIpc) is 2.86. The molecule has 20 heavy (non-hydrogen) atoms. The minimum absolute atomic E-state index is 0.290. The highest BCUT2D eigenvalue weighted by atomic mass is 19.1. The van der Waals surface area contributed by atoms with Crippen LogP contribution in [0.2, 0.25) is 0 Å². The van der Waals surface area contributed by atoms with E-state index in [1.165, 1.54) is 6.07 Å². The first-order valence-electron chi connectivity index (χ1n) is 6.87. The Hall–Kier alpha value is -1.75. The van der Waals surface area contributed by atoms with Crippen molar-refractivity contribution in [1.82, 2.24) is 10.1 Å². The molecular formula is C15H20FN3O. The Morgan fingerprint density at radius 1 is 1.30 bits per heavy atom. The normalized spacial score (nSPS) is 12.8. The van der Waals surface area contributed by atoms with Gasteiger partial charge in [0, 0.05) is 6.42 Å². The van der Waals surface area contributed by atoms with Crippen molar-refractivity contribution in [1.29, 1.82) is 0 Å².